The quantitative estimate of drug-likeness (QED) is 0.298. The fourth-order valence-corrected chi connectivity index (χ4v) is 19.7. The molecular formula is C23H40O2Sn. The number of aliphatic hydroxyl groups is 1. The van der Waals surface area contributed by atoms with E-state index in [1.165, 1.54) is 55.4 Å². The van der Waals surface area contributed by atoms with Crippen LogP contribution in [0.15, 0.2) is 40.5 Å². The Labute approximate surface area is 165 Å². The van der Waals surface area contributed by atoms with E-state index in [1.54, 1.807) is 0 Å². The molecule has 0 aliphatic rings. The van der Waals surface area contributed by atoms with Gasteiger partial charge in [0.25, 0.3) is 0 Å². The monoisotopic (exact) mass is 468 g/mol. The molecule has 26 heavy (non-hydrogen) atoms. The normalized spacial score (nSPS) is 12.9. The van der Waals surface area contributed by atoms with E-state index in [4.69, 9.17) is 4.74 Å². The van der Waals surface area contributed by atoms with Crippen LogP contribution in [0.2, 0.25) is 13.3 Å². The molecule has 1 aromatic rings. The van der Waals surface area contributed by atoms with Crippen molar-refractivity contribution in [3.8, 4) is 0 Å². The second-order valence-electron chi connectivity index (χ2n) is 7.63. The van der Waals surface area contributed by atoms with E-state index in [0.717, 1.165) is 5.56 Å². The zero-order valence-corrected chi connectivity index (χ0v) is 20.2. The van der Waals surface area contributed by atoms with Gasteiger partial charge in [-0.15, -0.1) is 0 Å². The van der Waals surface area contributed by atoms with Gasteiger partial charge in [0.1, 0.15) is 0 Å². The van der Waals surface area contributed by atoms with Crippen LogP contribution in [0.25, 0.3) is 0 Å². The third kappa shape index (κ3) is 8.14. The number of benzene rings is 1. The van der Waals surface area contributed by atoms with Crippen LogP contribution < -0.4 is 0 Å². The maximum absolute atomic E-state index is 10.9. The predicted octanol–water partition coefficient (Wildman–Crippen LogP) is 6.51. The summed E-state index contributed by atoms with van der Waals surface area (Å²) in [4.78, 5) is 0. The van der Waals surface area contributed by atoms with E-state index in [-0.39, 0.29) is 0 Å². The first kappa shape index (κ1) is 23.7. The Morgan fingerprint density at radius 2 is 1.46 bits per heavy atom. The molecule has 0 aliphatic carbocycles. The number of rotatable bonds is 15. The zero-order valence-electron chi connectivity index (χ0n) is 17.3. The minimum atomic E-state index is -2.57. The molecule has 0 amide bonds. The molecule has 0 fully saturated rings. The standard InChI is InChI=1S/C11H13O2.3C4H9.Sn/c1-2-11(12)9-13-8-10-6-4-3-5-7-10;3*1-3-4-2;/h3-7,11-12H,1,8-9H2;3*1,3-4H2,2H3;. The summed E-state index contributed by atoms with van der Waals surface area (Å²) in [6.45, 7) is 12.3. The molecule has 148 valence electrons. The Balaban J connectivity index is 2.72. The van der Waals surface area contributed by atoms with Crippen molar-refractivity contribution in [3.05, 3.63) is 46.1 Å². The van der Waals surface area contributed by atoms with E-state index in [1.807, 2.05) is 18.2 Å². The molecule has 0 bridgehead atoms. The van der Waals surface area contributed by atoms with Gasteiger partial charge in [0.2, 0.25) is 0 Å². The predicted molar refractivity (Wildman–Crippen MR) is 116 cm³/mol. The zero-order chi connectivity index (χ0) is 19.3. The molecule has 0 saturated carbocycles. The topological polar surface area (TPSA) is 29.5 Å². The van der Waals surface area contributed by atoms with Gasteiger partial charge in [-0.05, 0) is 0 Å². The Bertz CT molecular complexity index is 464. The van der Waals surface area contributed by atoms with E-state index < -0.39 is 24.5 Å². The molecule has 1 rings (SSSR count). The van der Waals surface area contributed by atoms with E-state index >= 15 is 0 Å². The third-order valence-electron chi connectivity index (χ3n) is 5.50. The van der Waals surface area contributed by atoms with Crippen LogP contribution in [0.5, 0.6) is 0 Å². The van der Waals surface area contributed by atoms with Gasteiger partial charge in [-0.25, -0.2) is 0 Å². The number of ether oxygens (including phenoxy) is 1. The molecular weight excluding hydrogens is 427 g/mol. The van der Waals surface area contributed by atoms with Crippen molar-refractivity contribution in [1.82, 2.24) is 0 Å². The molecule has 1 aromatic carbocycles. The summed E-state index contributed by atoms with van der Waals surface area (Å²) in [7, 11) is 0. The van der Waals surface area contributed by atoms with Gasteiger partial charge in [0, 0.05) is 0 Å². The summed E-state index contributed by atoms with van der Waals surface area (Å²) in [6, 6.07) is 10.2. The first-order chi connectivity index (χ1) is 12.6. The summed E-state index contributed by atoms with van der Waals surface area (Å²) in [5.74, 6) is 0. The SMILES string of the molecule is C=[C](C(O)COCc1ccccc1)[Sn]([CH2]CCC)([CH2]CCC)[CH2]CCC. The average molecular weight is 467 g/mol. The van der Waals surface area contributed by atoms with Gasteiger partial charge in [-0.1, -0.05) is 0 Å². The van der Waals surface area contributed by atoms with Gasteiger partial charge >= 0.3 is 166 Å². The second kappa shape index (κ2) is 13.8. The van der Waals surface area contributed by atoms with E-state index in [9.17, 15) is 5.11 Å². The molecule has 0 saturated heterocycles. The van der Waals surface area contributed by atoms with E-state index in [2.05, 4.69) is 39.5 Å². The van der Waals surface area contributed by atoms with Crippen molar-refractivity contribution in [2.24, 2.45) is 0 Å². The number of hydrogen-bond donors (Lipinski definition) is 1. The van der Waals surface area contributed by atoms with Crippen molar-refractivity contribution in [2.75, 3.05) is 6.61 Å². The summed E-state index contributed by atoms with van der Waals surface area (Å²) in [5.41, 5.74) is 1.16. The first-order valence-corrected chi connectivity index (χ1v) is 18.1. The van der Waals surface area contributed by atoms with Crippen LogP contribution in [0.1, 0.15) is 64.9 Å². The number of aliphatic hydroxyl groups excluding tert-OH is 1. The van der Waals surface area contributed by atoms with Crippen LogP contribution in [0.3, 0.4) is 0 Å². The molecule has 1 atom stereocenters. The van der Waals surface area contributed by atoms with Crippen LogP contribution in [-0.2, 0) is 11.3 Å². The summed E-state index contributed by atoms with van der Waals surface area (Å²) in [6.07, 6.45) is 7.11. The number of unbranched alkanes of at least 4 members (excludes halogenated alkanes) is 3. The molecule has 0 aliphatic heterocycles. The van der Waals surface area contributed by atoms with Gasteiger partial charge in [-0.3, -0.25) is 0 Å². The van der Waals surface area contributed by atoms with Gasteiger partial charge in [0.05, 0.1) is 0 Å². The molecule has 0 aromatic heterocycles. The Hall–Kier alpha value is -0.321. The molecule has 1 unspecified atom stereocenters. The van der Waals surface area contributed by atoms with Crippen molar-refractivity contribution in [3.63, 3.8) is 0 Å². The fourth-order valence-electron chi connectivity index (χ4n) is 3.72. The minimum absolute atomic E-state index is 0.386. The third-order valence-corrected chi connectivity index (χ3v) is 21.6. The van der Waals surface area contributed by atoms with Crippen molar-refractivity contribution < 1.29 is 9.84 Å². The molecule has 2 nitrogen and oxygen atoms in total. The molecule has 0 heterocycles. The summed E-state index contributed by atoms with van der Waals surface area (Å²) in [5, 5.41) is 10.9. The van der Waals surface area contributed by atoms with Gasteiger partial charge < -0.3 is 0 Å². The Morgan fingerprint density at radius 3 is 1.92 bits per heavy atom. The first-order valence-electron chi connectivity index (χ1n) is 10.6. The molecule has 1 N–H and O–H groups in total. The van der Waals surface area contributed by atoms with Crippen molar-refractivity contribution in [1.29, 1.82) is 0 Å². The van der Waals surface area contributed by atoms with Crippen LogP contribution in [-0.4, -0.2) is 36.2 Å². The van der Waals surface area contributed by atoms with Crippen LogP contribution in [0.4, 0.5) is 0 Å². The van der Waals surface area contributed by atoms with Crippen molar-refractivity contribution >= 4 is 18.4 Å². The summed E-state index contributed by atoms with van der Waals surface area (Å²) < 4.78 is 11.1. The van der Waals surface area contributed by atoms with Crippen LogP contribution in [0, 0.1) is 0 Å². The maximum atomic E-state index is 10.9. The molecule has 3 heteroatoms. The fraction of sp³-hybridized carbons (Fsp3) is 0.652. The van der Waals surface area contributed by atoms with Crippen molar-refractivity contribution in [2.45, 2.75) is 85.3 Å². The average Bonchev–Trinajstić information content (AvgIpc) is 2.68. The van der Waals surface area contributed by atoms with Gasteiger partial charge in [-0.2, -0.15) is 0 Å². The van der Waals surface area contributed by atoms with Crippen LogP contribution >= 0.6 is 0 Å². The Morgan fingerprint density at radius 1 is 0.962 bits per heavy atom. The number of hydrogen-bond acceptors (Lipinski definition) is 2. The molecule has 0 spiro atoms. The van der Waals surface area contributed by atoms with E-state index in [0.29, 0.717) is 13.2 Å². The molecule has 0 radical (unpaired) electrons. The van der Waals surface area contributed by atoms with Gasteiger partial charge in [0.15, 0.2) is 0 Å². The summed E-state index contributed by atoms with van der Waals surface area (Å²) >= 11 is -2.57. The Kier molecular flexibility index (Phi) is 12.6. The second-order valence-corrected chi connectivity index (χ2v) is 21.1.